The molecular formula is C43H55F2N9O4. The van der Waals surface area contributed by atoms with Gasteiger partial charge in [0.15, 0.2) is 5.82 Å². The third-order valence-corrected chi connectivity index (χ3v) is 12.8. The molecule has 1 saturated carbocycles. The summed E-state index contributed by atoms with van der Waals surface area (Å²) in [5.41, 5.74) is 2.19. The summed E-state index contributed by atoms with van der Waals surface area (Å²) < 4.78 is 30.2. The summed E-state index contributed by atoms with van der Waals surface area (Å²) in [5, 5.41) is 20.3. The first-order chi connectivity index (χ1) is 28.1. The molecule has 2 aromatic carbocycles. The minimum Gasteiger partial charge on any atom is -0.388 e. The van der Waals surface area contributed by atoms with Gasteiger partial charge in [-0.2, -0.15) is 0 Å². The van der Waals surface area contributed by atoms with E-state index in [2.05, 4.69) is 41.8 Å². The molecule has 5 aliphatic rings. The van der Waals surface area contributed by atoms with Gasteiger partial charge in [-0.3, -0.25) is 24.6 Å². The number of nitrogens with zero attached hydrogens (tertiary/aromatic N) is 6. The summed E-state index contributed by atoms with van der Waals surface area (Å²) in [7, 11) is 0. The number of rotatable bonds is 10. The van der Waals surface area contributed by atoms with Gasteiger partial charge >= 0.3 is 0 Å². The maximum Gasteiger partial charge on any atom is 0.249 e. The molecule has 1 atom stereocenters. The molecule has 5 heterocycles. The van der Waals surface area contributed by atoms with Gasteiger partial charge in [-0.15, -0.1) is 0 Å². The lowest BCUT2D eigenvalue weighted by Gasteiger charge is -2.44. The van der Waals surface area contributed by atoms with Crippen molar-refractivity contribution in [2.45, 2.75) is 88.3 Å². The fourth-order valence-corrected chi connectivity index (χ4v) is 9.32. The van der Waals surface area contributed by atoms with Crippen LogP contribution in [0.15, 0.2) is 48.7 Å². The van der Waals surface area contributed by atoms with E-state index < -0.39 is 23.4 Å². The molecule has 1 aliphatic carbocycles. The molecule has 13 nitrogen and oxygen atoms in total. The van der Waals surface area contributed by atoms with Crippen LogP contribution in [0.3, 0.4) is 0 Å². The zero-order valence-corrected chi connectivity index (χ0v) is 33.1. The number of carbonyl (C=O) groups is 3. The molecule has 0 bridgehead atoms. The van der Waals surface area contributed by atoms with Crippen LogP contribution in [0.2, 0.25) is 0 Å². The number of β-amino-alcohol motifs (C(OH)–C–C–N with tert-alkyl or cyclic N) is 1. The number of carbonyl (C=O) groups excluding carboxylic acids is 3. The normalized spacial score (nSPS) is 24.3. The minimum atomic E-state index is -0.891. The first-order valence-corrected chi connectivity index (χ1v) is 21.1. The van der Waals surface area contributed by atoms with Crippen LogP contribution in [0.4, 0.5) is 31.8 Å². The van der Waals surface area contributed by atoms with Gasteiger partial charge in [-0.05, 0) is 94.5 Å². The third-order valence-electron chi connectivity index (χ3n) is 12.8. The van der Waals surface area contributed by atoms with E-state index in [-0.39, 0.29) is 41.7 Å². The van der Waals surface area contributed by atoms with E-state index in [4.69, 9.17) is 0 Å². The van der Waals surface area contributed by atoms with Crippen molar-refractivity contribution in [1.82, 2.24) is 25.1 Å². The number of piperazine rings is 1. The number of anilines is 4. The summed E-state index contributed by atoms with van der Waals surface area (Å²) in [6, 6.07) is 12.3. The van der Waals surface area contributed by atoms with E-state index in [0.29, 0.717) is 82.4 Å². The molecule has 58 heavy (non-hydrogen) atoms. The van der Waals surface area contributed by atoms with Gasteiger partial charge in [0.1, 0.15) is 17.6 Å². The van der Waals surface area contributed by atoms with Gasteiger partial charge in [-0.25, -0.2) is 18.7 Å². The Kier molecular flexibility index (Phi) is 12.1. The monoisotopic (exact) mass is 799 g/mol. The number of likely N-dealkylation sites (tertiary alicyclic amines) is 1. The molecular weight excluding hydrogens is 745 g/mol. The topological polar surface area (TPSA) is 146 Å². The van der Waals surface area contributed by atoms with Crippen molar-refractivity contribution in [2.75, 3.05) is 79.3 Å². The van der Waals surface area contributed by atoms with Gasteiger partial charge in [0, 0.05) is 94.2 Å². The number of imide groups is 1. The summed E-state index contributed by atoms with van der Waals surface area (Å²) in [6.07, 6.45) is 9.50. The quantitative estimate of drug-likeness (QED) is 0.211. The van der Waals surface area contributed by atoms with Gasteiger partial charge in [0.25, 0.3) is 0 Å². The lowest BCUT2D eigenvalue weighted by atomic mass is 9.84. The summed E-state index contributed by atoms with van der Waals surface area (Å²) in [6.45, 7) is 6.12. The van der Waals surface area contributed by atoms with Crippen molar-refractivity contribution in [2.24, 2.45) is 5.92 Å². The lowest BCUT2D eigenvalue weighted by molar-refractivity contribution is -0.141. The number of benzene rings is 2. The van der Waals surface area contributed by atoms with Crippen LogP contribution in [0.5, 0.6) is 0 Å². The van der Waals surface area contributed by atoms with E-state index in [1.165, 1.54) is 18.7 Å². The van der Waals surface area contributed by atoms with Crippen molar-refractivity contribution in [1.29, 1.82) is 0 Å². The molecule has 0 radical (unpaired) electrons. The molecule has 4 aliphatic heterocycles. The SMILES string of the molecule is O=C1CCC(Nc2ccc(N3CCN(CC4(O)CCN(C(=O)C5CCC(Nc6ncc(F)c(-c7cccc(N8CCCCC8)c7)n6)CC5)CC4)CC3)c(F)c2)C(=O)N1. The van der Waals surface area contributed by atoms with Crippen LogP contribution in [-0.2, 0) is 14.4 Å². The minimum absolute atomic E-state index is 0.0674. The highest BCUT2D eigenvalue weighted by atomic mass is 19.1. The molecule has 4 N–H and O–H groups in total. The number of aromatic nitrogens is 2. The van der Waals surface area contributed by atoms with Crippen molar-refractivity contribution in [3.63, 3.8) is 0 Å². The number of amides is 3. The van der Waals surface area contributed by atoms with E-state index >= 15 is 4.39 Å². The van der Waals surface area contributed by atoms with Gasteiger partial charge in [0.2, 0.25) is 23.7 Å². The smallest absolute Gasteiger partial charge is 0.249 e. The van der Waals surface area contributed by atoms with E-state index in [1.54, 1.807) is 12.1 Å². The number of hydrogen-bond acceptors (Lipinski definition) is 11. The van der Waals surface area contributed by atoms with Crippen LogP contribution < -0.4 is 25.8 Å². The Balaban J connectivity index is 0.766. The molecule has 4 saturated heterocycles. The molecule has 3 aromatic rings. The maximum atomic E-state index is 15.2. The van der Waals surface area contributed by atoms with Crippen molar-refractivity contribution >= 4 is 40.7 Å². The van der Waals surface area contributed by atoms with E-state index in [0.717, 1.165) is 62.9 Å². The highest BCUT2D eigenvalue weighted by Gasteiger charge is 2.39. The summed E-state index contributed by atoms with van der Waals surface area (Å²) in [5.74, 6) is -1.05. The molecule has 310 valence electrons. The molecule has 8 rings (SSSR count). The average Bonchev–Trinajstić information content (AvgIpc) is 3.24. The second-order valence-electron chi connectivity index (χ2n) is 16.8. The van der Waals surface area contributed by atoms with Crippen molar-refractivity contribution in [3.05, 3.63) is 60.3 Å². The van der Waals surface area contributed by atoms with E-state index in [1.807, 2.05) is 28.0 Å². The number of halogens is 2. The first-order valence-electron chi connectivity index (χ1n) is 21.1. The Labute approximate surface area is 338 Å². The number of piperidine rings is 3. The molecule has 1 aromatic heterocycles. The maximum absolute atomic E-state index is 15.2. The van der Waals surface area contributed by atoms with Crippen LogP contribution in [-0.4, -0.2) is 119 Å². The van der Waals surface area contributed by atoms with E-state index in [9.17, 15) is 23.9 Å². The first kappa shape index (κ1) is 39.9. The van der Waals surface area contributed by atoms with Crippen molar-refractivity contribution in [3.8, 4) is 11.3 Å². The Morgan fingerprint density at radius 2 is 1.60 bits per heavy atom. The fourth-order valence-electron chi connectivity index (χ4n) is 9.32. The fraction of sp³-hybridized carbons (Fsp3) is 0.558. The largest absolute Gasteiger partial charge is 0.388 e. The predicted octanol–water partition coefficient (Wildman–Crippen LogP) is 4.78. The van der Waals surface area contributed by atoms with Gasteiger partial charge in [0.05, 0.1) is 17.5 Å². The van der Waals surface area contributed by atoms with Crippen molar-refractivity contribution < 1.29 is 28.3 Å². The van der Waals surface area contributed by atoms with Gasteiger partial charge < -0.3 is 30.4 Å². The zero-order valence-electron chi connectivity index (χ0n) is 33.1. The molecule has 5 fully saturated rings. The van der Waals surface area contributed by atoms with Crippen LogP contribution in [0.25, 0.3) is 11.3 Å². The predicted molar refractivity (Wildman–Crippen MR) is 218 cm³/mol. The Bertz CT molecular complexity index is 1960. The second-order valence-corrected chi connectivity index (χ2v) is 16.8. The summed E-state index contributed by atoms with van der Waals surface area (Å²) >= 11 is 0. The Hall–Kier alpha value is -4.89. The molecule has 15 heteroatoms. The number of aliphatic hydroxyl groups is 1. The second kappa shape index (κ2) is 17.5. The summed E-state index contributed by atoms with van der Waals surface area (Å²) in [4.78, 5) is 54.5. The molecule has 3 amide bonds. The lowest BCUT2D eigenvalue weighted by Crippen LogP contribution is -2.56. The molecule has 1 unspecified atom stereocenters. The highest BCUT2D eigenvalue weighted by molar-refractivity contribution is 6.01. The van der Waals surface area contributed by atoms with Crippen LogP contribution >= 0.6 is 0 Å². The average molecular weight is 800 g/mol. The number of hydrogen-bond donors (Lipinski definition) is 4. The van der Waals surface area contributed by atoms with Crippen LogP contribution in [0.1, 0.15) is 70.6 Å². The highest BCUT2D eigenvalue weighted by Crippen LogP contribution is 2.33. The standard InChI is InChI=1S/C43H55F2N9O4/c44-34-26-32(47-36-12-14-38(55)49-40(36)56)11-13-37(34)53-23-21-51(22-24-53)28-43(58)15-19-54(20-16-43)41(57)29-7-9-31(10-8-29)48-42-46-27-35(45)39(50-42)30-5-4-6-33(25-30)52-17-2-1-3-18-52/h4-6,11,13,25-27,29,31,36,47,58H,1-3,7-10,12,14-24,28H2,(H,46,48,50)(H,49,55,56). The number of nitrogens with one attached hydrogen (secondary N) is 3. The Morgan fingerprint density at radius 3 is 2.33 bits per heavy atom. The zero-order chi connectivity index (χ0) is 40.2. The van der Waals surface area contributed by atoms with Crippen LogP contribution in [0, 0.1) is 17.6 Å². The Morgan fingerprint density at radius 1 is 0.845 bits per heavy atom. The third kappa shape index (κ3) is 9.36. The van der Waals surface area contributed by atoms with Gasteiger partial charge in [-0.1, -0.05) is 12.1 Å². The molecule has 0 spiro atoms.